The van der Waals surface area contributed by atoms with Crippen molar-refractivity contribution < 1.29 is 0 Å². The maximum Gasteiger partial charge on any atom is 0.0386 e. The molecule has 0 fully saturated rings. The topological polar surface area (TPSA) is 15.3 Å². The van der Waals surface area contributed by atoms with Gasteiger partial charge in [0, 0.05) is 35.4 Å². The molecule has 2 aromatic heterocycles. The highest BCUT2D eigenvalue weighted by molar-refractivity contribution is 7.10. The van der Waals surface area contributed by atoms with Crippen LogP contribution < -0.4 is 5.32 Å². The summed E-state index contributed by atoms with van der Waals surface area (Å²) in [4.78, 5) is 5.21. The highest BCUT2D eigenvalue weighted by Gasteiger charge is 2.06. The van der Waals surface area contributed by atoms with Crippen LogP contribution in [0.1, 0.15) is 22.7 Å². The molecule has 0 bridgehead atoms. The molecule has 0 aromatic carbocycles. The minimum atomic E-state index is 0.458. The van der Waals surface area contributed by atoms with Crippen molar-refractivity contribution in [3.8, 4) is 0 Å². The van der Waals surface area contributed by atoms with Gasteiger partial charge in [-0.05, 0) is 36.9 Å². The standard InChI is InChI=1S/C14H20N2S2/c1-12(14-6-4-10-18-14)15-7-8-16(2)11-13-5-3-9-17-13/h3-6,9-10,12,15H,7-8,11H2,1-2H3. The van der Waals surface area contributed by atoms with Gasteiger partial charge >= 0.3 is 0 Å². The third-order valence-electron chi connectivity index (χ3n) is 2.92. The van der Waals surface area contributed by atoms with E-state index in [4.69, 9.17) is 0 Å². The molecule has 2 heterocycles. The molecule has 0 radical (unpaired) electrons. The lowest BCUT2D eigenvalue weighted by Gasteiger charge is -2.18. The van der Waals surface area contributed by atoms with Crippen LogP contribution in [-0.4, -0.2) is 25.0 Å². The van der Waals surface area contributed by atoms with Gasteiger partial charge in [-0.25, -0.2) is 0 Å². The summed E-state index contributed by atoms with van der Waals surface area (Å²) in [5.74, 6) is 0. The van der Waals surface area contributed by atoms with E-state index in [-0.39, 0.29) is 0 Å². The van der Waals surface area contributed by atoms with Gasteiger partial charge in [0.1, 0.15) is 0 Å². The van der Waals surface area contributed by atoms with E-state index in [0.717, 1.165) is 19.6 Å². The molecule has 2 rings (SSSR count). The van der Waals surface area contributed by atoms with Crippen molar-refractivity contribution in [2.24, 2.45) is 0 Å². The van der Waals surface area contributed by atoms with Crippen LogP contribution in [0, 0.1) is 0 Å². The Hall–Kier alpha value is -0.680. The SMILES string of the molecule is CC(NCCN(C)Cc1cccs1)c1cccs1. The summed E-state index contributed by atoms with van der Waals surface area (Å²) >= 11 is 3.65. The lowest BCUT2D eigenvalue weighted by Crippen LogP contribution is -2.30. The molecule has 0 aliphatic heterocycles. The summed E-state index contributed by atoms with van der Waals surface area (Å²) in [7, 11) is 2.18. The first-order valence-corrected chi connectivity index (χ1v) is 7.99. The van der Waals surface area contributed by atoms with Crippen LogP contribution >= 0.6 is 22.7 Å². The molecule has 4 heteroatoms. The Labute approximate surface area is 117 Å². The first-order valence-electron chi connectivity index (χ1n) is 6.23. The van der Waals surface area contributed by atoms with E-state index in [1.54, 1.807) is 0 Å². The molecule has 18 heavy (non-hydrogen) atoms. The van der Waals surface area contributed by atoms with Gasteiger partial charge < -0.3 is 10.2 Å². The van der Waals surface area contributed by atoms with Crippen molar-refractivity contribution >= 4 is 22.7 Å². The molecule has 1 unspecified atom stereocenters. The van der Waals surface area contributed by atoms with E-state index in [1.807, 2.05) is 22.7 Å². The number of hydrogen-bond acceptors (Lipinski definition) is 4. The highest BCUT2D eigenvalue weighted by Crippen LogP contribution is 2.17. The summed E-state index contributed by atoms with van der Waals surface area (Å²) in [5.41, 5.74) is 0. The van der Waals surface area contributed by atoms with Gasteiger partial charge in [-0.3, -0.25) is 0 Å². The molecule has 2 aromatic rings. The first kappa shape index (κ1) is 13.7. The molecule has 0 amide bonds. The molecule has 2 nitrogen and oxygen atoms in total. The van der Waals surface area contributed by atoms with Crippen molar-refractivity contribution in [1.29, 1.82) is 0 Å². The maximum atomic E-state index is 3.57. The number of nitrogens with one attached hydrogen (secondary N) is 1. The predicted octanol–water partition coefficient (Wildman–Crippen LogP) is 3.59. The average Bonchev–Trinajstić information content (AvgIpc) is 3.00. The molecule has 0 saturated heterocycles. The molecule has 0 aliphatic rings. The van der Waals surface area contributed by atoms with Crippen LogP contribution in [0.2, 0.25) is 0 Å². The smallest absolute Gasteiger partial charge is 0.0386 e. The summed E-state index contributed by atoms with van der Waals surface area (Å²) in [6.45, 7) is 5.38. The lowest BCUT2D eigenvalue weighted by molar-refractivity contribution is 0.322. The second-order valence-electron chi connectivity index (χ2n) is 4.51. The molecule has 0 spiro atoms. The van der Waals surface area contributed by atoms with Gasteiger partial charge in [0.05, 0.1) is 0 Å². The summed E-state index contributed by atoms with van der Waals surface area (Å²) in [5, 5.41) is 7.84. The minimum absolute atomic E-state index is 0.458. The van der Waals surface area contributed by atoms with Gasteiger partial charge in [0.2, 0.25) is 0 Å². The average molecular weight is 280 g/mol. The fraction of sp³-hybridized carbons (Fsp3) is 0.429. The zero-order valence-corrected chi connectivity index (χ0v) is 12.6. The number of rotatable bonds is 7. The number of thiophene rings is 2. The molecule has 98 valence electrons. The third kappa shape index (κ3) is 4.21. The summed E-state index contributed by atoms with van der Waals surface area (Å²) in [6, 6.07) is 9.08. The monoisotopic (exact) mass is 280 g/mol. The Morgan fingerprint density at radius 3 is 2.67 bits per heavy atom. The third-order valence-corrected chi connectivity index (χ3v) is 4.84. The largest absolute Gasteiger partial charge is 0.308 e. The Bertz CT molecular complexity index is 423. The molecule has 1 atom stereocenters. The molecule has 0 saturated carbocycles. The first-order chi connectivity index (χ1) is 8.75. The number of hydrogen-bond donors (Lipinski definition) is 1. The van der Waals surface area contributed by atoms with Crippen LogP contribution in [0.25, 0.3) is 0 Å². The molecular weight excluding hydrogens is 260 g/mol. The Morgan fingerprint density at radius 2 is 2.00 bits per heavy atom. The van der Waals surface area contributed by atoms with Crippen LogP contribution in [0.4, 0.5) is 0 Å². The van der Waals surface area contributed by atoms with Crippen LogP contribution in [0.5, 0.6) is 0 Å². The lowest BCUT2D eigenvalue weighted by atomic mass is 10.3. The second-order valence-corrected chi connectivity index (χ2v) is 6.52. The van der Waals surface area contributed by atoms with Crippen molar-refractivity contribution in [1.82, 2.24) is 10.2 Å². The van der Waals surface area contributed by atoms with Crippen molar-refractivity contribution in [3.63, 3.8) is 0 Å². The van der Waals surface area contributed by atoms with E-state index in [2.05, 4.69) is 59.2 Å². The van der Waals surface area contributed by atoms with E-state index < -0.39 is 0 Å². The van der Waals surface area contributed by atoms with Crippen molar-refractivity contribution in [2.45, 2.75) is 19.5 Å². The van der Waals surface area contributed by atoms with Crippen LogP contribution in [0.15, 0.2) is 35.0 Å². The normalized spacial score (nSPS) is 13.1. The Balaban J connectivity index is 1.66. The predicted molar refractivity (Wildman–Crippen MR) is 81.4 cm³/mol. The number of nitrogens with zero attached hydrogens (tertiary/aromatic N) is 1. The van der Waals surface area contributed by atoms with Crippen molar-refractivity contribution in [2.75, 3.05) is 20.1 Å². The van der Waals surface area contributed by atoms with Crippen LogP contribution in [0.3, 0.4) is 0 Å². The fourth-order valence-electron chi connectivity index (χ4n) is 1.86. The zero-order valence-electron chi connectivity index (χ0n) is 10.9. The summed E-state index contributed by atoms with van der Waals surface area (Å²) < 4.78 is 0. The van der Waals surface area contributed by atoms with Gasteiger partial charge in [0.15, 0.2) is 0 Å². The zero-order chi connectivity index (χ0) is 12.8. The van der Waals surface area contributed by atoms with E-state index >= 15 is 0 Å². The highest BCUT2D eigenvalue weighted by atomic mass is 32.1. The van der Waals surface area contributed by atoms with E-state index in [0.29, 0.717) is 6.04 Å². The van der Waals surface area contributed by atoms with Crippen LogP contribution in [-0.2, 0) is 6.54 Å². The quantitative estimate of drug-likeness (QED) is 0.834. The molecule has 0 aliphatic carbocycles. The maximum absolute atomic E-state index is 3.57. The number of likely N-dealkylation sites (N-methyl/N-ethyl adjacent to an activating group) is 1. The van der Waals surface area contributed by atoms with Gasteiger partial charge in [0.25, 0.3) is 0 Å². The van der Waals surface area contributed by atoms with Gasteiger partial charge in [-0.15, -0.1) is 22.7 Å². The molecular formula is C14H20N2S2. The van der Waals surface area contributed by atoms with E-state index in [9.17, 15) is 0 Å². The summed E-state index contributed by atoms with van der Waals surface area (Å²) in [6.07, 6.45) is 0. The second kappa shape index (κ2) is 7.04. The minimum Gasteiger partial charge on any atom is -0.308 e. The van der Waals surface area contributed by atoms with E-state index in [1.165, 1.54) is 9.75 Å². The molecule has 1 N–H and O–H groups in total. The Morgan fingerprint density at radius 1 is 1.22 bits per heavy atom. The fourth-order valence-corrected chi connectivity index (χ4v) is 3.40. The van der Waals surface area contributed by atoms with Gasteiger partial charge in [-0.2, -0.15) is 0 Å². The Kier molecular flexibility index (Phi) is 5.38. The van der Waals surface area contributed by atoms with Crippen molar-refractivity contribution in [3.05, 3.63) is 44.8 Å². The van der Waals surface area contributed by atoms with Gasteiger partial charge in [-0.1, -0.05) is 12.1 Å².